The maximum Gasteiger partial charge on any atom is 2.00 e. The number of hydrogen-bond acceptors (Lipinski definition) is 4. The molecule has 6 aromatic rings. The third kappa shape index (κ3) is 6.28. The van der Waals surface area contributed by atoms with Crippen LogP contribution in [0.3, 0.4) is 0 Å². The van der Waals surface area contributed by atoms with Crippen LogP contribution < -0.4 is 4.74 Å². The Morgan fingerprint density at radius 2 is 1.57 bits per heavy atom. The molecule has 8 rings (SSSR count). The Kier molecular flexibility index (Phi) is 8.82. The first-order valence-corrected chi connectivity index (χ1v) is 19.6. The maximum atomic E-state index is 9.48. The normalized spacial score (nSPS) is 21.1. The molecule has 3 heterocycles. The zero-order valence-electron chi connectivity index (χ0n) is 35.5. The first-order chi connectivity index (χ1) is 25.6. The van der Waals surface area contributed by atoms with E-state index in [-0.39, 0.29) is 37.8 Å². The fraction of sp³-hybridized carbons (Fsp3) is 0.375. The average molecular weight is 915 g/mol. The Morgan fingerprint density at radius 1 is 0.852 bits per heavy atom. The SMILES string of the molecule is [2H]C1([2H])c2c(ccc(C)c2C)[C@]2(C)SC(c3[c-]c(Oc4[c-]c5c(cc4)c4cc(C(C)(C)C)ccc4n5-c4cc(C(C)(C)C)ccn4)cc(C(C)C)c3)=N[C@]12C.[Pt+2]. The first-order valence-electron chi connectivity index (χ1n) is 19.8. The minimum atomic E-state index is -1.64. The molecule has 1 aliphatic heterocycles. The Balaban J connectivity index is 0.00000480. The van der Waals surface area contributed by atoms with Crippen LogP contribution in [0, 0.1) is 26.0 Å². The summed E-state index contributed by atoms with van der Waals surface area (Å²) in [5.41, 5.74) is 9.24. The quantitative estimate of drug-likeness (QED) is 0.162. The van der Waals surface area contributed by atoms with Crippen molar-refractivity contribution in [3.8, 4) is 17.3 Å². The summed E-state index contributed by atoms with van der Waals surface area (Å²) in [5, 5.41) is 3.02. The fourth-order valence-corrected chi connectivity index (χ4v) is 9.12. The molecular formula is C48H51N3OPtS. The topological polar surface area (TPSA) is 39.4 Å². The molecule has 2 aliphatic rings. The van der Waals surface area contributed by atoms with E-state index in [1.807, 2.05) is 26.1 Å². The number of nitrogens with zero attached hydrogens (tertiary/aromatic N) is 3. The van der Waals surface area contributed by atoms with Gasteiger partial charge in [-0.15, -0.1) is 46.5 Å². The van der Waals surface area contributed by atoms with Crippen molar-refractivity contribution in [2.45, 2.75) is 116 Å². The first kappa shape index (κ1) is 36.0. The molecule has 2 atom stereocenters. The van der Waals surface area contributed by atoms with Gasteiger partial charge in [0.25, 0.3) is 0 Å². The van der Waals surface area contributed by atoms with Crippen LogP contribution in [0.15, 0.2) is 77.9 Å². The predicted molar refractivity (Wildman–Crippen MR) is 224 cm³/mol. The summed E-state index contributed by atoms with van der Waals surface area (Å²) >= 11 is 1.64. The summed E-state index contributed by atoms with van der Waals surface area (Å²) in [5.74, 6) is 2.22. The molecule has 0 bridgehead atoms. The van der Waals surface area contributed by atoms with Gasteiger partial charge in [-0.3, -0.25) is 0 Å². The van der Waals surface area contributed by atoms with Crippen LogP contribution in [-0.4, -0.2) is 20.1 Å². The van der Waals surface area contributed by atoms with Gasteiger partial charge in [-0.1, -0.05) is 97.3 Å². The summed E-state index contributed by atoms with van der Waals surface area (Å²) in [6.07, 6.45) is 0.255. The molecule has 54 heavy (non-hydrogen) atoms. The molecule has 6 heteroatoms. The van der Waals surface area contributed by atoms with Gasteiger partial charge < -0.3 is 14.3 Å². The summed E-state index contributed by atoms with van der Waals surface area (Å²) in [4.78, 5) is 10.2. The molecule has 4 nitrogen and oxygen atoms in total. The van der Waals surface area contributed by atoms with Crippen molar-refractivity contribution in [2.75, 3.05) is 0 Å². The molecule has 0 fully saturated rings. The second kappa shape index (κ2) is 13.2. The number of hydrogen-bond donors (Lipinski definition) is 0. The summed E-state index contributed by atoms with van der Waals surface area (Å²) in [6, 6.07) is 30.8. The monoisotopic (exact) mass is 914 g/mol. The predicted octanol–water partition coefficient (Wildman–Crippen LogP) is 12.6. The summed E-state index contributed by atoms with van der Waals surface area (Å²) < 4.78 is 27.3. The Labute approximate surface area is 343 Å². The van der Waals surface area contributed by atoms with Gasteiger partial charge in [0.15, 0.2) is 0 Å². The largest absolute Gasteiger partial charge is 2.00 e. The van der Waals surface area contributed by atoms with Crippen LogP contribution in [0.1, 0.15) is 122 Å². The number of ether oxygens (including phenoxy) is 1. The molecule has 0 amide bonds. The van der Waals surface area contributed by atoms with Gasteiger partial charge in [-0.25, -0.2) is 4.98 Å². The molecule has 1 aliphatic carbocycles. The maximum absolute atomic E-state index is 9.48. The van der Waals surface area contributed by atoms with Crippen LogP contribution in [-0.2, 0) is 43.0 Å². The van der Waals surface area contributed by atoms with Crippen molar-refractivity contribution >= 4 is 38.6 Å². The van der Waals surface area contributed by atoms with Crippen molar-refractivity contribution in [3.63, 3.8) is 0 Å². The number of pyridine rings is 1. The van der Waals surface area contributed by atoms with E-state index in [9.17, 15) is 2.74 Å². The van der Waals surface area contributed by atoms with E-state index in [0.717, 1.165) is 66.0 Å². The van der Waals surface area contributed by atoms with Crippen LogP contribution in [0.5, 0.6) is 11.5 Å². The van der Waals surface area contributed by atoms with E-state index in [2.05, 4.69) is 147 Å². The number of rotatable bonds is 5. The zero-order valence-corrected chi connectivity index (χ0v) is 36.6. The van der Waals surface area contributed by atoms with Crippen LogP contribution in [0.4, 0.5) is 0 Å². The van der Waals surface area contributed by atoms with Crippen molar-refractivity contribution in [1.29, 1.82) is 0 Å². The average Bonchev–Trinajstić information content (AvgIpc) is 3.63. The van der Waals surface area contributed by atoms with Crippen LogP contribution in [0.2, 0.25) is 0 Å². The summed E-state index contributed by atoms with van der Waals surface area (Å²) in [6.45, 7) is 26.0. The van der Waals surface area contributed by atoms with Gasteiger partial charge in [0.1, 0.15) is 5.82 Å². The van der Waals surface area contributed by atoms with Gasteiger partial charge in [-0.05, 0) is 108 Å². The van der Waals surface area contributed by atoms with E-state index in [1.54, 1.807) is 11.8 Å². The standard InChI is InChI=1S/C48H51N3OS.Pt/c1-28(2)31-21-32(44-50-47(11)27-39-30(4)29(3)13-17-40(39)48(47,12)53-44)23-36(22-31)52-35-15-16-37-38-24-33(45(5,6)7)14-18-41(38)51(42(37)26-35)43-25-34(19-20-49-43)46(8,9)10;/h13-22,24-25,28H,27H2,1-12H3;/q-2;+2/t47-,48+;/m1./s1/i27D2;. The molecular weight excluding hydrogens is 862 g/mol. The fourth-order valence-electron chi connectivity index (χ4n) is 7.71. The molecule has 0 unspecified atom stereocenters. The van der Waals surface area contributed by atoms with Crippen LogP contribution in [0.25, 0.3) is 27.6 Å². The molecule has 4 aromatic carbocycles. The molecule has 0 radical (unpaired) electrons. The Bertz CT molecular complexity index is 2590. The third-order valence-corrected chi connectivity index (χ3v) is 13.0. The number of aromatic nitrogens is 2. The zero-order chi connectivity index (χ0) is 39.6. The number of thioether (sulfide) groups is 1. The van der Waals surface area contributed by atoms with E-state index >= 15 is 0 Å². The number of aliphatic imine (C=N–C) groups is 1. The van der Waals surface area contributed by atoms with E-state index < -0.39 is 16.7 Å². The van der Waals surface area contributed by atoms with E-state index in [4.69, 9.17) is 14.7 Å². The van der Waals surface area contributed by atoms with Crippen LogP contribution >= 0.6 is 11.8 Å². The molecule has 280 valence electrons. The van der Waals surface area contributed by atoms with Gasteiger partial charge in [0.05, 0.1) is 10.3 Å². The van der Waals surface area contributed by atoms with Gasteiger partial charge >= 0.3 is 21.1 Å². The van der Waals surface area contributed by atoms with Crippen molar-refractivity contribution in [2.24, 2.45) is 4.99 Å². The molecule has 0 saturated carbocycles. The minimum Gasteiger partial charge on any atom is -0.503 e. The van der Waals surface area contributed by atoms with Crippen molar-refractivity contribution in [3.05, 3.63) is 130 Å². The molecule has 2 aromatic heterocycles. The second-order valence-electron chi connectivity index (χ2n) is 17.7. The van der Waals surface area contributed by atoms with Gasteiger partial charge in [-0.2, -0.15) is 6.07 Å². The van der Waals surface area contributed by atoms with Gasteiger partial charge in [0.2, 0.25) is 0 Å². The van der Waals surface area contributed by atoms with Crippen molar-refractivity contribution in [1.82, 2.24) is 9.55 Å². The third-order valence-electron chi connectivity index (χ3n) is 11.5. The Morgan fingerprint density at radius 3 is 2.28 bits per heavy atom. The number of aryl methyl sites for hydroxylation is 1. The van der Waals surface area contributed by atoms with Gasteiger partial charge in [0, 0.05) is 31.0 Å². The van der Waals surface area contributed by atoms with E-state index in [0.29, 0.717) is 11.5 Å². The number of fused-ring (bicyclic) bond motifs is 6. The van der Waals surface area contributed by atoms with E-state index in [1.165, 1.54) is 11.1 Å². The summed E-state index contributed by atoms with van der Waals surface area (Å²) in [7, 11) is 0. The molecule has 0 N–H and O–H groups in total. The minimum absolute atomic E-state index is 0. The van der Waals surface area contributed by atoms with Crippen molar-refractivity contribution < 1.29 is 28.5 Å². The smallest absolute Gasteiger partial charge is 0.503 e. The molecule has 0 spiro atoms. The number of benzene rings is 4. The Hall–Kier alpha value is -3.66. The second-order valence-corrected chi connectivity index (χ2v) is 19.1. The molecule has 0 saturated heterocycles.